The number of benzene rings is 2. The smallest absolute Gasteiger partial charge is 0.163 e. The van der Waals surface area contributed by atoms with Crippen LogP contribution >= 0.6 is 11.6 Å². The highest BCUT2D eigenvalue weighted by Gasteiger charge is 2.13. The van der Waals surface area contributed by atoms with Crippen molar-refractivity contribution in [3.63, 3.8) is 0 Å². The molecule has 1 N–H and O–H groups in total. The van der Waals surface area contributed by atoms with Crippen LogP contribution in [0.15, 0.2) is 36.7 Å². The van der Waals surface area contributed by atoms with Gasteiger partial charge < -0.3 is 19.3 Å². The van der Waals surface area contributed by atoms with Crippen LogP contribution in [-0.2, 0) is 11.2 Å². The van der Waals surface area contributed by atoms with Gasteiger partial charge in [-0.25, -0.2) is 14.4 Å². The molecule has 0 radical (unpaired) electrons. The zero-order valence-corrected chi connectivity index (χ0v) is 16.9. The maximum Gasteiger partial charge on any atom is 0.163 e. The minimum Gasteiger partial charge on any atom is -0.617 e. The number of hydrogen-bond donors (Lipinski definition) is 1. The second kappa shape index (κ2) is 9.27. The highest BCUT2D eigenvalue weighted by atomic mass is 35.5. The molecule has 0 amide bonds. The van der Waals surface area contributed by atoms with E-state index in [1.165, 1.54) is 25.6 Å². The predicted octanol–water partition coefficient (Wildman–Crippen LogP) is 4.32. The normalized spacial score (nSPS) is 12.0. The number of anilines is 2. The van der Waals surface area contributed by atoms with Gasteiger partial charge in [0.1, 0.15) is 23.7 Å². The van der Waals surface area contributed by atoms with Crippen LogP contribution in [0.4, 0.5) is 15.9 Å². The highest BCUT2D eigenvalue weighted by molar-refractivity contribution is 7.90. The van der Waals surface area contributed by atoms with Crippen molar-refractivity contribution in [1.82, 2.24) is 9.97 Å². The molecule has 1 aromatic heterocycles. The zero-order valence-electron chi connectivity index (χ0n) is 15.4. The van der Waals surface area contributed by atoms with Gasteiger partial charge in [-0.2, -0.15) is 0 Å². The molecular weight excluding hydrogens is 405 g/mol. The van der Waals surface area contributed by atoms with Gasteiger partial charge in [-0.15, -0.1) is 0 Å². The van der Waals surface area contributed by atoms with Crippen molar-refractivity contribution in [1.29, 1.82) is 0 Å². The number of halogens is 2. The van der Waals surface area contributed by atoms with Crippen molar-refractivity contribution in [2.24, 2.45) is 0 Å². The molecule has 6 nitrogen and oxygen atoms in total. The van der Waals surface area contributed by atoms with Crippen LogP contribution < -0.4 is 14.8 Å². The Bertz CT molecular complexity index is 975. The predicted molar refractivity (Wildman–Crippen MR) is 110 cm³/mol. The lowest BCUT2D eigenvalue weighted by Crippen LogP contribution is -2.08. The first-order chi connectivity index (χ1) is 13.5. The molecule has 1 heterocycles. The maximum atomic E-state index is 14.1. The SMILES string of the molecule is COc1cc2c(Nc3ccc(Cl)cc3F)ncnc2cc1OCCC[S+](C)[O-]. The van der Waals surface area contributed by atoms with Crippen molar-refractivity contribution in [2.45, 2.75) is 6.42 Å². The number of nitrogens with one attached hydrogen (secondary N) is 1. The summed E-state index contributed by atoms with van der Waals surface area (Å²) >= 11 is 4.94. The summed E-state index contributed by atoms with van der Waals surface area (Å²) in [5.41, 5.74) is 0.859. The third kappa shape index (κ3) is 4.95. The molecule has 0 fully saturated rings. The van der Waals surface area contributed by atoms with Gasteiger partial charge in [-0.05, 0) is 24.3 Å². The molecule has 0 aliphatic heterocycles. The summed E-state index contributed by atoms with van der Waals surface area (Å²) in [7, 11) is 1.53. The van der Waals surface area contributed by atoms with Gasteiger partial charge >= 0.3 is 0 Å². The maximum absolute atomic E-state index is 14.1. The first-order valence-electron chi connectivity index (χ1n) is 8.45. The van der Waals surface area contributed by atoms with Gasteiger partial charge in [0.2, 0.25) is 0 Å². The van der Waals surface area contributed by atoms with E-state index in [4.69, 9.17) is 21.1 Å². The summed E-state index contributed by atoms with van der Waals surface area (Å²) in [5.74, 6) is 1.54. The van der Waals surface area contributed by atoms with Crippen molar-refractivity contribution >= 4 is 45.2 Å². The summed E-state index contributed by atoms with van der Waals surface area (Å²) in [6.45, 7) is 0.410. The molecule has 0 bridgehead atoms. The Morgan fingerprint density at radius 1 is 1.21 bits per heavy atom. The number of methoxy groups -OCH3 is 1. The largest absolute Gasteiger partial charge is 0.617 e. The average molecular weight is 424 g/mol. The molecule has 1 unspecified atom stereocenters. The number of fused-ring (bicyclic) bond motifs is 1. The molecule has 0 aliphatic carbocycles. The van der Waals surface area contributed by atoms with Gasteiger partial charge in [0.05, 0.1) is 31.2 Å². The Kier molecular flexibility index (Phi) is 6.77. The summed E-state index contributed by atoms with van der Waals surface area (Å²) in [6.07, 6.45) is 3.71. The lowest BCUT2D eigenvalue weighted by atomic mass is 10.2. The first kappa shape index (κ1) is 20.4. The van der Waals surface area contributed by atoms with Crippen molar-refractivity contribution in [3.05, 3.63) is 47.5 Å². The summed E-state index contributed by atoms with van der Waals surface area (Å²) < 4.78 is 36.5. The second-order valence-corrected chi connectivity index (χ2v) is 7.96. The van der Waals surface area contributed by atoms with Gasteiger partial charge in [-0.3, -0.25) is 0 Å². The molecule has 0 aliphatic rings. The van der Waals surface area contributed by atoms with Crippen molar-refractivity contribution in [3.8, 4) is 11.5 Å². The lowest BCUT2D eigenvalue weighted by Gasteiger charge is -2.14. The van der Waals surface area contributed by atoms with E-state index in [1.54, 1.807) is 24.5 Å². The number of nitrogens with zero attached hydrogens (tertiary/aromatic N) is 2. The van der Waals surface area contributed by atoms with E-state index in [2.05, 4.69) is 15.3 Å². The van der Waals surface area contributed by atoms with Gasteiger partial charge in [-0.1, -0.05) is 22.8 Å². The van der Waals surface area contributed by atoms with Crippen LogP contribution in [0.25, 0.3) is 10.9 Å². The Balaban J connectivity index is 1.89. The lowest BCUT2D eigenvalue weighted by molar-refractivity contribution is 0.295. The van der Waals surface area contributed by atoms with E-state index >= 15 is 0 Å². The summed E-state index contributed by atoms with van der Waals surface area (Å²) in [4.78, 5) is 8.48. The molecule has 0 spiro atoms. The second-order valence-electron chi connectivity index (χ2n) is 5.97. The molecule has 0 saturated heterocycles. The Morgan fingerprint density at radius 3 is 2.75 bits per heavy atom. The molecule has 148 valence electrons. The average Bonchev–Trinajstić information content (AvgIpc) is 2.66. The standard InChI is InChI=1S/C19H19ClFN3O3S/c1-26-17-9-13-16(10-18(17)27-6-3-7-28(2)25)22-11-23-19(13)24-15-5-4-12(20)8-14(15)21/h4-5,8-11H,3,6-7H2,1-2H3,(H,22,23,24). The molecule has 9 heteroatoms. The highest BCUT2D eigenvalue weighted by Crippen LogP contribution is 2.35. The van der Waals surface area contributed by atoms with E-state index in [9.17, 15) is 8.94 Å². The van der Waals surface area contributed by atoms with Gasteiger partial charge in [0.15, 0.2) is 11.5 Å². The molecule has 3 aromatic rings. The molecule has 2 aromatic carbocycles. The number of rotatable bonds is 8. The van der Waals surface area contributed by atoms with Gasteiger partial charge in [0.25, 0.3) is 0 Å². The van der Waals surface area contributed by atoms with E-state index in [0.717, 1.165) is 0 Å². The van der Waals surface area contributed by atoms with E-state index in [1.807, 2.05) is 0 Å². The molecule has 28 heavy (non-hydrogen) atoms. The van der Waals surface area contributed by atoms with Crippen molar-refractivity contribution in [2.75, 3.05) is 31.0 Å². The van der Waals surface area contributed by atoms with Crippen LogP contribution in [0, 0.1) is 5.82 Å². The van der Waals surface area contributed by atoms with Crippen LogP contribution in [0.5, 0.6) is 11.5 Å². The van der Waals surface area contributed by atoms with Crippen LogP contribution in [-0.4, -0.2) is 40.2 Å². The molecular formula is C19H19ClFN3O3S. The quantitative estimate of drug-likeness (QED) is 0.429. The van der Waals surface area contributed by atoms with Gasteiger partial charge in [0, 0.05) is 22.9 Å². The van der Waals surface area contributed by atoms with E-state index < -0.39 is 17.0 Å². The fourth-order valence-electron chi connectivity index (χ4n) is 2.60. The van der Waals surface area contributed by atoms with Crippen LogP contribution in [0.2, 0.25) is 5.02 Å². The molecule has 0 saturated carbocycles. The first-order valence-corrected chi connectivity index (χ1v) is 10.6. The molecule has 3 rings (SSSR count). The third-order valence-electron chi connectivity index (χ3n) is 3.94. The summed E-state index contributed by atoms with van der Waals surface area (Å²) in [5, 5.41) is 3.92. The minimum atomic E-state index is -0.858. The summed E-state index contributed by atoms with van der Waals surface area (Å²) in [6, 6.07) is 7.83. The number of hydrogen-bond acceptors (Lipinski definition) is 6. The van der Waals surface area contributed by atoms with E-state index in [0.29, 0.717) is 52.0 Å². The Hall–Kier alpha value is -2.29. The topological polar surface area (TPSA) is 79.3 Å². The van der Waals surface area contributed by atoms with Crippen LogP contribution in [0.3, 0.4) is 0 Å². The number of aromatic nitrogens is 2. The van der Waals surface area contributed by atoms with Crippen LogP contribution in [0.1, 0.15) is 6.42 Å². The Labute approximate surface area is 170 Å². The minimum absolute atomic E-state index is 0.247. The fraction of sp³-hybridized carbons (Fsp3) is 0.263. The van der Waals surface area contributed by atoms with E-state index in [-0.39, 0.29) is 5.69 Å². The molecule has 1 atom stereocenters. The number of ether oxygens (including phenoxy) is 2. The monoisotopic (exact) mass is 423 g/mol. The van der Waals surface area contributed by atoms with Crippen molar-refractivity contribution < 1.29 is 18.4 Å². The fourth-order valence-corrected chi connectivity index (χ4v) is 3.28. The zero-order chi connectivity index (χ0) is 20.1. The Morgan fingerprint density at radius 2 is 2.04 bits per heavy atom. The third-order valence-corrected chi connectivity index (χ3v) is 5.04.